The Morgan fingerprint density at radius 3 is 2.28 bits per heavy atom. The Hall–Kier alpha value is -3.08. The number of ether oxygens (including phenoxy) is 1. The van der Waals surface area contributed by atoms with Gasteiger partial charge in [-0.1, -0.05) is 60.7 Å². The number of fused-ring (bicyclic) bond motifs is 3. The molecule has 1 amide bonds. The quantitative estimate of drug-likeness (QED) is 0.699. The third kappa shape index (κ3) is 4.19. The summed E-state index contributed by atoms with van der Waals surface area (Å²) in [5.41, 5.74) is 4.66. The van der Waals surface area contributed by atoms with Gasteiger partial charge in [-0.15, -0.1) is 0 Å². The van der Waals surface area contributed by atoms with Gasteiger partial charge in [0.25, 0.3) is 0 Å². The number of nitrogens with one attached hydrogen (secondary N) is 1. The average molecular weight is 391 g/mol. The highest BCUT2D eigenvalue weighted by Crippen LogP contribution is 2.44. The second-order valence-corrected chi connectivity index (χ2v) is 7.72. The van der Waals surface area contributed by atoms with Crippen LogP contribution in [0.5, 0.6) is 0 Å². The van der Waals surface area contributed by atoms with Crippen molar-refractivity contribution in [2.45, 2.75) is 37.6 Å². The van der Waals surface area contributed by atoms with Crippen molar-refractivity contribution in [3.8, 4) is 11.1 Å². The number of hydrogen-bond acceptors (Lipinski definition) is 3. The summed E-state index contributed by atoms with van der Waals surface area (Å²) in [5, 5.41) is 12.1. The van der Waals surface area contributed by atoms with Crippen LogP contribution in [0.3, 0.4) is 0 Å². The number of benzene rings is 2. The zero-order chi connectivity index (χ0) is 20.2. The van der Waals surface area contributed by atoms with E-state index in [0.29, 0.717) is 0 Å². The van der Waals surface area contributed by atoms with Gasteiger partial charge >= 0.3 is 12.1 Å². The summed E-state index contributed by atoms with van der Waals surface area (Å²) < 4.78 is 5.58. The zero-order valence-electron chi connectivity index (χ0n) is 16.2. The summed E-state index contributed by atoms with van der Waals surface area (Å²) >= 11 is 0. The lowest BCUT2D eigenvalue weighted by Gasteiger charge is -2.27. The van der Waals surface area contributed by atoms with E-state index in [1.165, 1.54) is 11.1 Å². The lowest BCUT2D eigenvalue weighted by molar-refractivity contribution is -0.137. The number of carbonyl (C=O) groups excluding carboxylic acids is 1. The van der Waals surface area contributed by atoms with Crippen LogP contribution in [0.25, 0.3) is 11.1 Å². The molecule has 2 aromatic rings. The number of alkyl carbamates (subject to hydrolysis) is 1. The SMILES string of the molecule is O=C(O)CC(NC(=O)OCC1c2ccccc2-c2ccccc21)C1CC=CCC1. The van der Waals surface area contributed by atoms with Crippen LogP contribution in [0.15, 0.2) is 60.7 Å². The van der Waals surface area contributed by atoms with E-state index in [2.05, 4.69) is 41.7 Å². The summed E-state index contributed by atoms with van der Waals surface area (Å²) in [7, 11) is 0. The van der Waals surface area contributed by atoms with Crippen LogP contribution in [0.2, 0.25) is 0 Å². The molecule has 2 N–H and O–H groups in total. The minimum atomic E-state index is -0.913. The van der Waals surface area contributed by atoms with Crippen molar-refractivity contribution in [3.63, 3.8) is 0 Å². The van der Waals surface area contributed by atoms with E-state index in [9.17, 15) is 14.7 Å². The van der Waals surface area contributed by atoms with Crippen molar-refractivity contribution in [2.24, 2.45) is 5.92 Å². The first-order chi connectivity index (χ1) is 14.1. The molecule has 29 heavy (non-hydrogen) atoms. The Bertz CT molecular complexity index is 890. The fourth-order valence-corrected chi connectivity index (χ4v) is 4.50. The summed E-state index contributed by atoms with van der Waals surface area (Å²) in [6.45, 7) is 0.226. The Labute approximate surface area is 170 Å². The maximum atomic E-state index is 12.5. The monoisotopic (exact) mass is 391 g/mol. The lowest BCUT2D eigenvalue weighted by atomic mass is 9.86. The molecule has 2 unspecified atom stereocenters. The summed E-state index contributed by atoms with van der Waals surface area (Å²) in [4.78, 5) is 23.8. The van der Waals surface area contributed by atoms with Crippen molar-refractivity contribution in [1.82, 2.24) is 5.32 Å². The molecule has 5 nitrogen and oxygen atoms in total. The van der Waals surface area contributed by atoms with Gasteiger partial charge < -0.3 is 15.2 Å². The van der Waals surface area contributed by atoms with Crippen molar-refractivity contribution >= 4 is 12.1 Å². The molecule has 5 heteroatoms. The van der Waals surface area contributed by atoms with E-state index in [1.807, 2.05) is 24.3 Å². The smallest absolute Gasteiger partial charge is 0.407 e. The molecule has 0 bridgehead atoms. The second kappa shape index (κ2) is 8.52. The number of carboxylic acids is 1. The Morgan fingerprint density at radius 2 is 1.69 bits per heavy atom. The highest BCUT2D eigenvalue weighted by atomic mass is 16.5. The third-order valence-corrected chi connectivity index (χ3v) is 5.92. The number of carboxylic acid groups (broad SMARTS) is 1. The maximum absolute atomic E-state index is 12.5. The summed E-state index contributed by atoms with van der Waals surface area (Å²) in [6, 6.07) is 15.9. The Kier molecular flexibility index (Phi) is 5.65. The highest BCUT2D eigenvalue weighted by Gasteiger charge is 2.30. The molecule has 0 saturated heterocycles. The molecule has 2 aliphatic rings. The van der Waals surface area contributed by atoms with E-state index < -0.39 is 18.1 Å². The molecule has 0 radical (unpaired) electrons. The van der Waals surface area contributed by atoms with Crippen molar-refractivity contribution < 1.29 is 19.4 Å². The van der Waals surface area contributed by atoms with Crippen molar-refractivity contribution in [2.75, 3.05) is 6.61 Å². The minimum Gasteiger partial charge on any atom is -0.481 e. The molecule has 4 rings (SSSR count). The predicted octanol–water partition coefficient (Wildman–Crippen LogP) is 4.72. The van der Waals surface area contributed by atoms with Gasteiger partial charge in [-0.2, -0.15) is 0 Å². The van der Waals surface area contributed by atoms with Crippen LogP contribution in [0, 0.1) is 5.92 Å². The number of carbonyl (C=O) groups is 2. The molecular weight excluding hydrogens is 366 g/mol. The van der Waals surface area contributed by atoms with Crippen LogP contribution >= 0.6 is 0 Å². The molecular formula is C24H25NO4. The summed E-state index contributed by atoms with van der Waals surface area (Å²) in [5.74, 6) is -0.802. The molecule has 150 valence electrons. The van der Waals surface area contributed by atoms with E-state index in [4.69, 9.17) is 4.74 Å². The largest absolute Gasteiger partial charge is 0.481 e. The van der Waals surface area contributed by atoms with E-state index >= 15 is 0 Å². The number of allylic oxidation sites excluding steroid dienone is 2. The van der Waals surface area contributed by atoms with E-state index in [-0.39, 0.29) is 24.9 Å². The normalized spacial score (nSPS) is 18.6. The summed E-state index contributed by atoms with van der Waals surface area (Å²) in [6.07, 6.45) is 6.08. The first-order valence-electron chi connectivity index (χ1n) is 10.1. The predicted molar refractivity (Wildman–Crippen MR) is 111 cm³/mol. The Balaban J connectivity index is 1.43. The van der Waals surface area contributed by atoms with Gasteiger partial charge in [0.05, 0.1) is 6.42 Å². The molecule has 0 fully saturated rings. The number of aliphatic carboxylic acids is 1. The standard InChI is InChI=1S/C24H25NO4/c26-23(27)14-22(16-8-2-1-3-9-16)25-24(28)29-15-21-19-12-6-4-10-17(19)18-11-5-7-13-20(18)21/h1-2,4-7,10-13,16,21-22H,3,8-9,14-15H2,(H,25,28)(H,26,27). The molecule has 2 aromatic carbocycles. The maximum Gasteiger partial charge on any atom is 0.407 e. The topological polar surface area (TPSA) is 75.6 Å². The molecule has 0 aromatic heterocycles. The number of hydrogen-bond donors (Lipinski definition) is 2. The van der Waals surface area contributed by atoms with Crippen molar-refractivity contribution in [3.05, 3.63) is 71.8 Å². The first-order valence-corrected chi connectivity index (χ1v) is 10.1. The zero-order valence-corrected chi connectivity index (χ0v) is 16.2. The lowest BCUT2D eigenvalue weighted by Crippen LogP contribution is -2.42. The molecule has 0 heterocycles. The van der Waals surface area contributed by atoms with Gasteiger partial charge in [-0.05, 0) is 47.4 Å². The number of amides is 1. The van der Waals surface area contributed by atoms with Gasteiger partial charge in [0, 0.05) is 12.0 Å². The third-order valence-electron chi connectivity index (χ3n) is 5.92. The fourth-order valence-electron chi connectivity index (χ4n) is 4.50. The van der Waals surface area contributed by atoms with Gasteiger partial charge in [0.1, 0.15) is 6.61 Å². The molecule has 0 saturated carbocycles. The van der Waals surface area contributed by atoms with Gasteiger partial charge in [-0.25, -0.2) is 4.79 Å². The first kappa shape index (κ1) is 19.2. The number of rotatable bonds is 6. The fraction of sp³-hybridized carbons (Fsp3) is 0.333. The van der Waals surface area contributed by atoms with Gasteiger partial charge in [0.15, 0.2) is 0 Å². The van der Waals surface area contributed by atoms with Crippen LogP contribution in [0.1, 0.15) is 42.7 Å². The van der Waals surface area contributed by atoms with E-state index in [0.717, 1.165) is 30.4 Å². The Morgan fingerprint density at radius 1 is 1.03 bits per heavy atom. The van der Waals surface area contributed by atoms with Crippen LogP contribution < -0.4 is 5.32 Å². The van der Waals surface area contributed by atoms with E-state index in [1.54, 1.807) is 0 Å². The molecule has 2 aliphatic carbocycles. The van der Waals surface area contributed by atoms with Crippen LogP contribution in [0.4, 0.5) is 4.79 Å². The highest BCUT2D eigenvalue weighted by molar-refractivity contribution is 5.79. The molecule has 0 spiro atoms. The average Bonchev–Trinajstić information content (AvgIpc) is 3.06. The van der Waals surface area contributed by atoms with Gasteiger partial charge in [0.2, 0.25) is 0 Å². The molecule has 0 aliphatic heterocycles. The van der Waals surface area contributed by atoms with Crippen LogP contribution in [-0.4, -0.2) is 29.8 Å². The minimum absolute atomic E-state index is 0.0105. The van der Waals surface area contributed by atoms with Crippen molar-refractivity contribution in [1.29, 1.82) is 0 Å². The van der Waals surface area contributed by atoms with Gasteiger partial charge in [-0.3, -0.25) is 4.79 Å². The second-order valence-electron chi connectivity index (χ2n) is 7.72. The van der Waals surface area contributed by atoms with Crippen LogP contribution in [-0.2, 0) is 9.53 Å². The molecule has 2 atom stereocenters.